The molecule has 2 aliphatic rings. The van der Waals surface area contributed by atoms with Crippen LogP contribution in [0, 0.1) is 12.8 Å². The van der Waals surface area contributed by atoms with E-state index in [4.69, 9.17) is 0 Å². The lowest BCUT2D eigenvalue weighted by Gasteiger charge is -2.26. The van der Waals surface area contributed by atoms with E-state index in [1.165, 1.54) is 6.42 Å². The lowest BCUT2D eigenvalue weighted by atomic mass is 10.1. The molecule has 1 saturated heterocycles. The van der Waals surface area contributed by atoms with E-state index >= 15 is 0 Å². The molecule has 0 radical (unpaired) electrons. The quantitative estimate of drug-likeness (QED) is 0.900. The summed E-state index contributed by atoms with van der Waals surface area (Å²) in [4.78, 5) is 4.21. The maximum absolute atomic E-state index is 12.5. The Kier molecular flexibility index (Phi) is 3.94. The Morgan fingerprint density at radius 3 is 2.62 bits per heavy atom. The molecule has 0 amide bonds. The maximum atomic E-state index is 12.5. The van der Waals surface area contributed by atoms with E-state index in [9.17, 15) is 8.42 Å². The van der Waals surface area contributed by atoms with Gasteiger partial charge in [-0.05, 0) is 49.8 Å². The largest absolute Gasteiger partial charge is 0.304 e. The number of fused-ring (bicyclic) bond motifs is 2. The molecule has 1 aliphatic carbocycles. The first-order chi connectivity index (χ1) is 11.5. The number of hydrogen-bond acceptors (Lipinski definition) is 3. The van der Waals surface area contributed by atoms with E-state index in [1.54, 1.807) is 10.5 Å². The first-order valence-electron chi connectivity index (χ1n) is 8.38. The normalized spacial score (nSPS) is 23.9. The molecule has 2 heterocycles. The molecule has 2 fully saturated rings. The molecule has 1 aromatic carbocycles. The number of benzene rings is 1. The number of nitrogens with one attached hydrogen (secondary N) is 1. The first kappa shape index (κ1) is 15.8. The Balaban J connectivity index is 1.42. The van der Waals surface area contributed by atoms with Crippen molar-refractivity contribution in [3.8, 4) is 5.69 Å². The minimum Gasteiger partial charge on any atom is -0.304 e. The van der Waals surface area contributed by atoms with E-state index < -0.39 is 10.2 Å². The average molecular weight is 346 g/mol. The van der Waals surface area contributed by atoms with Crippen LogP contribution < -0.4 is 4.72 Å². The molecular formula is C17H22N4O2S. The van der Waals surface area contributed by atoms with Crippen molar-refractivity contribution < 1.29 is 8.42 Å². The van der Waals surface area contributed by atoms with Crippen LogP contribution in [0.15, 0.2) is 36.7 Å². The summed E-state index contributed by atoms with van der Waals surface area (Å²) in [5.74, 6) is 1.48. The van der Waals surface area contributed by atoms with E-state index in [-0.39, 0.29) is 6.04 Å². The van der Waals surface area contributed by atoms with Gasteiger partial charge in [0.25, 0.3) is 10.2 Å². The zero-order valence-corrected chi connectivity index (χ0v) is 14.5. The fraction of sp³-hybridized carbons (Fsp3) is 0.471. The first-order valence-corrected chi connectivity index (χ1v) is 9.82. The fourth-order valence-electron chi connectivity index (χ4n) is 3.86. The van der Waals surface area contributed by atoms with Crippen molar-refractivity contribution in [2.24, 2.45) is 5.92 Å². The van der Waals surface area contributed by atoms with Crippen molar-refractivity contribution >= 4 is 10.2 Å². The summed E-state index contributed by atoms with van der Waals surface area (Å²) < 4.78 is 31.4. The zero-order chi connectivity index (χ0) is 16.7. The Hall–Kier alpha value is -1.70. The molecule has 1 saturated carbocycles. The zero-order valence-electron chi connectivity index (χ0n) is 13.7. The second-order valence-electron chi connectivity index (χ2n) is 6.74. The summed E-state index contributed by atoms with van der Waals surface area (Å²) in [6, 6.07) is 8.08. The third-order valence-corrected chi connectivity index (χ3v) is 6.74. The fourth-order valence-corrected chi connectivity index (χ4v) is 5.36. The predicted molar refractivity (Wildman–Crippen MR) is 91.9 cm³/mol. The van der Waals surface area contributed by atoms with E-state index in [1.807, 2.05) is 42.0 Å². The highest BCUT2D eigenvalue weighted by atomic mass is 32.2. The Labute approximate surface area is 142 Å². The molecule has 0 spiro atoms. The van der Waals surface area contributed by atoms with Gasteiger partial charge in [0.05, 0.1) is 0 Å². The third kappa shape index (κ3) is 2.87. The number of imidazole rings is 1. The van der Waals surface area contributed by atoms with Gasteiger partial charge in [0.1, 0.15) is 5.82 Å². The summed E-state index contributed by atoms with van der Waals surface area (Å²) in [6.45, 7) is 2.95. The Bertz CT molecular complexity index is 829. The Morgan fingerprint density at radius 2 is 2.04 bits per heavy atom. The van der Waals surface area contributed by atoms with Crippen molar-refractivity contribution in [2.45, 2.75) is 38.8 Å². The third-order valence-electron chi connectivity index (χ3n) is 5.17. The number of piperidine rings is 1. The summed E-state index contributed by atoms with van der Waals surface area (Å²) in [5.41, 5.74) is 1.97. The van der Waals surface area contributed by atoms with Crippen LogP contribution in [0.25, 0.3) is 5.69 Å². The molecule has 2 bridgehead atoms. The lowest BCUT2D eigenvalue weighted by Crippen LogP contribution is -2.44. The van der Waals surface area contributed by atoms with Crippen LogP contribution in [0.4, 0.5) is 0 Å². The molecule has 1 N–H and O–H groups in total. The van der Waals surface area contributed by atoms with E-state index in [0.717, 1.165) is 29.9 Å². The van der Waals surface area contributed by atoms with Gasteiger partial charge in [-0.25, -0.2) is 4.98 Å². The lowest BCUT2D eigenvalue weighted by molar-refractivity contribution is 0.328. The van der Waals surface area contributed by atoms with Crippen molar-refractivity contribution in [3.63, 3.8) is 0 Å². The number of aryl methyl sites for hydroxylation is 1. The number of aromatic nitrogens is 2. The van der Waals surface area contributed by atoms with Crippen molar-refractivity contribution in [3.05, 3.63) is 48.0 Å². The van der Waals surface area contributed by atoms with Crippen molar-refractivity contribution in [1.29, 1.82) is 0 Å². The molecule has 4 rings (SSSR count). The molecule has 2 unspecified atom stereocenters. The summed E-state index contributed by atoms with van der Waals surface area (Å²) in [6.07, 6.45) is 6.88. The monoisotopic (exact) mass is 346 g/mol. The van der Waals surface area contributed by atoms with Gasteiger partial charge in [0.2, 0.25) is 0 Å². The SMILES string of the molecule is Cc1nccn1-c1ccc(CNS(=O)(=O)N2CC3CCC2C3)cc1. The second kappa shape index (κ2) is 5.98. The van der Waals surface area contributed by atoms with Crippen LogP contribution in [0.2, 0.25) is 0 Å². The minimum atomic E-state index is -3.38. The molecule has 128 valence electrons. The summed E-state index contributed by atoms with van der Waals surface area (Å²) in [5, 5.41) is 0. The van der Waals surface area contributed by atoms with Gasteiger partial charge in [0.15, 0.2) is 0 Å². The van der Waals surface area contributed by atoms with Crippen LogP contribution >= 0.6 is 0 Å². The molecule has 7 heteroatoms. The van der Waals surface area contributed by atoms with E-state index in [0.29, 0.717) is 19.0 Å². The molecule has 2 atom stereocenters. The number of nitrogens with zero attached hydrogens (tertiary/aromatic N) is 3. The van der Waals surface area contributed by atoms with Crippen LogP contribution in [-0.2, 0) is 16.8 Å². The van der Waals surface area contributed by atoms with Crippen LogP contribution in [-0.4, -0.2) is 34.9 Å². The van der Waals surface area contributed by atoms with Gasteiger partial charge in [-0.1, -0.05) is 12.1 Å². The molecule has 1 aliphatic heterocycles. The highest BCUT2D eigenvalue weighted by Crippen LogP contribution is 2.38. The van der Waals surface area contributed by atoms with Gasteiger partial charge in [-0.3, -0.25) is 0 Å². The van der Waals surface area contributed by atoms with Gasteiger partial charge in [0, 0.05) is 37.2 Å². The average Bonchev–Trinajstić information content (AvgIpc) is 3.30. The highest BCUT2D eigenvalue weighted by molar-refractivity contribution is 7.87. The maximum Gasteiger partial charge on any atom is 0.280 e. The number of hydrogen-bond donors (Lipinski definition) is 1. The van der Waals surface area contributed by atoms with Gasteiger partial charge in [-0.15, -0.1) is 0 Å². The molecular weight excluding hydrogens is 324 g/mol. The molecule has 6 nitrogen and oxygen atoms in total. The topological polar surface area (TPSA) is 67.2 Å². The predicted octanol–water partition coefficient (Wildman–Crippen LogP) is 2.00. The van der Waals surface area contributed by atoms with E-state index in [2.05, 4.69) is 9.71 Å². The highest BCUT2D eigenvalue weighted by Gasteiger charge is 2.43. The summed E-state index contributed by atoms with van der Waals surface area (Å²) in [7, 11) is -3.38. The number of rotatable bonds is 5. The Morgan fingerprint density at radius 1 is 1.25 bits per heavy atom. The van der Waals surface area contributed by atoms with Crippen molar-refractivity contribution in [1.82, 2.24) is 18.6 Å². The molecule has 2 aromatic rings. The van der Waals surface area contributed by atoms with Gasteiger partial charge in [-0.2, -0.15) is 17.4 Å². The minimum absolute atomic E-state index is 0.207. The van der Waals surface area contributed by atoms with Gasteiger partial charge >= 0.3 is 0 Å². The van der Waals surface area contributed by atoms with Crippen LogP contribution in [0.3, 0.4) is 0 Å². The van der Waals surface area contributed by atoms with Crippen LogP contribution in [0.1, 0.15) is 30.7 Å². The molecule has 24 heavy (non-hydrogen) atoms. The standard InChI is InChI=1S/C17H22N4O2S/c1-13-18-8-9-20(13)16-5-2-14(3-6-16)11-19-24(22,23)21-12-15-4-7-17(21)10-15/h2-3,5-6,8-9,15,17,19H,4,7,10-12H2,1H3. The van der Waals surface area contributed by atoms with Gasteiger partial charge < -0.3 is 4.57 Å². The summed E-state index contributed by atoms with van der Waals surface area (Å²) >= 11 is 0. The molecule has 1 aromatic heterocycles. The van der Waals surface area contributed by atoms with Crippen LogP contribution in [0.5, 0.6) is 0 Å². The van der Waals surface area contributed by atoms with Crippen molar-refractivity contribution in [2.75, 3.05) is 6.54 Å². The second-order valence-corrected chi connectivity index (χ2v) is 8.45. The smallest absolute Gasteiger partial charge is 0.280 e.